The third kappa shape index (κ3) is 4.52. The van der Waals surface area contributed by atoms with E-state index in [1.807, 2.05) is 30.4 Å². The quantitative estimate of drug-likeness (QED) is 0.733. The summed E-state index contributed by atoms with van der Waals surface area (Å²) in [5.41, 5.74) is 1.54. The maximum atomic E-state index is 12.1. The molecule has 0 radical (unpaired) electrons. The molecular weight excluding hydrogens is 346 g/mol. The zero-order valence-corrected chi connectivity index (χ0v) is 15.6. The van der Waals surface area contributed by atoms with Crippen molar-refractivity contribution in [3.63, 3.8) is 0 Å². The van der Waals surface area contributed by atoms with Gasteiger partial charge in [0.2, 0.25) is 11.1 Å². The molecule has 1 fully saturated rings. The van der Waals surface area contributed by atoms with Crippen molar-refractivity contribution >= 4 is 29.8 Å². The second kappa shape index (κ2) is 7.75. The monoisotopic (exact) mass is 367 g/mol. The molecular formula is C19H21N5OS. The van der Waals surface area contributed by atoms with Crippen LogP contribution in [-0.4, -0.2) is 32.4 Å². The molecule has 1 unspecified atom stereocenters. The molecule has 0 aliphatic heterocycles. The highest BCUT2D eigenvalue weighted by Gasteiger charge is 2.42. The highest BCUT2D eigenvalue weighted by atomic mass is 32.2. The first-order valence-corrected chi connectivity index (χ1v) is 9.50. The van der Waals surface area contributed by atoms with Gasteiger partial charge in [-0.05, 0) is 49.8 Å². The van der Waals surface area contributed by atoms with Crippen LogP contribution in [0.3, 0.4) is 0 Å². The number of amides is 1. The fraction of sp³-hybridized carbons (Fsp3) is 0.368. The molecule has 1 aliphatic carbocycles. The molecule has 6 nitrogen and oxygen atoms in total. The van der Waals surface area contributed by atoms with Gasteiger partial charge < -0.3 is 5.32 Å². The van der Waals surface area contributed by atoms with E-state index in [4.69, 9.17) is 0 Å². The van der Waals surface area contributed by atoms with E-state index >= 15 is 0 Å². The summed E-state index contributed by atoms with van der Waals surface area (Å²) < 4.78 is 0. The molecule has 1 aliphatic rings. The number of carbonyl (C=O) groups excluding carboxylic acids is 1. The Morgan fingerprint density at radius 3 is 2.92 bits per heavy atom. The number of H-pyrrole nitrogens is 1. The Kier molecular flexibility index (Phi) is 5.43. The summed E-state index contributed by atoms with van der Waals surface area (Å²) >= 11 is 1.25. The topological polar surface area (TPSA) is 94.5 Å². The lowest BCUT2D eigenvalue weighted by atomic mass is 9.98. The summed E-state index contributed by atoms with van der Waals surface area (Å²) in [5.74, 6) is 0.912. The number of nitriles is 1. The third-order valence-electron chi connectivity index (χ3n) is 4.45. The van der Waals surface area contributed by atoms with Crippen LogP contribution in [0.1, 0.15) is 36.7 Å². The van der Waals surface area contributed by atoms with Gasteiger partial charge in [0, 0.05) is 0 Å². The molecule has 0 spiro atoms. The second-order valence-corrected chi connectivity index (χ2v) is 7.56. The second-order valence-electron chi connectivity index (χ2n) is 6.62. The van der Waals surface area contributed by atoms with E-state index < -0.39 is 5.54 Å². The summed E-state index contributed by atoms with van der Waals surface area (Å²) in [5, 5.41) is 19.6. The maximum Gasteiger partial charge on any atom is 0.231 e. The Morgan fingerprint density at radius 1 is 1.46 bits per heavy atom. The van der Waals surface area contributed by atoms with Crippen molar-refractivity contribution in [3.05, 3.63) is 41.2 Å². The molecule has 0 saturated heterocycles. The number of aromatic amines is 1. The van der Waals surface area contributed by atoms with Crippen LogP contribution < -0.4 is 5.32 Å². The molecule has 1 aromatic heterocycles. The van der Waals surface area contributed by atoms with Crippen LogP contribution in [0.5, 0.6) is 0 Å². The Balaban J connectivity index is 1.53. The molecule has 26 heavy (non-hydrogen) atoms. The normalized spacial score (nSPS) is 16.2. The lowest BCUT2D eigenvalue weighted by molar-refractivity contribution is -0.119. The lowest BCUT2D eigenvalue weighted by Gasteiger charge is -2.22. The van der Waals surface area contributed by atoms with E-state index in [0.29, 0.717) is 11.0 Å². The summed E-state index contributed by atoms with van der Waals surface area (Å²) in [6.07, 6.45) is 5.83. The molecule has 1 saturated carbocycles. The molecule has 2 N–H and O–H groups in total. The van der Waals surface area contributed by atoms with Gasteiger partial charge >= 0.3 is 0 Å². The molecule has 134 valence electrons. The summed E-state index contributed by atoms with van der Waals surface area (Å²) in [6.45, 7) is 3.84. The largest absolute Gasteiger partial charge is 0.337 e. The number of nitrogens with one attached hydrogen (secondary N) is 2. The Hall–Kier alpha value is -2.59. The molecule has 2 aromatic rings. The van der Waals surface area contributed by atoms with Gasteiger partial charge in [-0.1, -0.05) is 42.1 Å². The predicted octanol–water partition coefficient (Wildman–Crippen LogP) is 3.18. The zero-order chi connectivity index (χ0) is 18.6. The average Bonchev–Trinajstić information content (AvgIpc) is 3.40. The van der Waals surface area contributed by atoms with Gasteiger partial charge in [-0.15, -0.1) is 5.10 Å². The summed E-state index contributed by atoms with van der Waals surface area (Å²) in [7, 11) is 0. The number of aryl methyl sites for hydroxylation is 1. The van der Waals surface area contributed by atoms with Crippen LogP contribution in [0.4, 0.5) is 0 Å². The number of nitrogens with zero attached hydrogens (tertiary/aromatic N) is 3. The molecule has 7 heteroatoms. The number of aromatic nitrogens is 3. The van der Waals surface area contributed by atoms with Crippen molar-refractivity contribution in [3.8, 4) is 6.07 Å². The van der Waals surface area contributed by atoms with E-state index in [9.17, 15) is 10.1 Å². The van der Waals surface area contributed by atoms with Crippen LogP contribution in [0.15, 0.2) is 29.4 Å². The van der Waals surface area contributed by atoms with Crippen molar-refractivity contribution in [1.82, 2.24) is 20.5 Å². The molecule has 1 atom stereocenters. The van der Waals surface area contributed by atoms with Gasteiger partial charge in [-0.2, -0.15) is 5.26 Å². The minimum atomic E-state index is -0.766. The fourth-order valence-corrected chi connectivity index (χ4v) is 3.28. The molecule has 1 amide bonds. The number of benzene rings is 1. The maximum absolute atomic E-state index is 12.1. The first-order chi connectivity index (χ1) is 12.5. The van der Waals surface area contributed by atoms with Crippen molar-refractivity contribution in [2.24, 2.45) is 5.92 Å². The number of thioether (sulfide) groups is 1. The smallest absolute Gasteiger partial charge is 0.231 e. The number of hydrogen-bond acceptors (Lipinski definition) is 5. The van der Waals surface area contributed by atoms with E-state index in [1.54, 1.807) is 6.92 Å². The zero-order valence-electron chi connectivity index (χ0n) is 14.8. The van der Waals surface area contributed by atoms with Crippen molar-refractivity contribution < 1.29 is 4.79 Å². The van der Waals surface area contributed by atoms with Gasteiger partial charge in [-0.25, -0.2) is 4.98 Å². The van der Waals surface area contributed by atoms with Gasteiger partial charge in [-0.3, -0.25) is 9.89 Å². The molecule has 1 heterocycles. The van der Waals surface area contributed by atoms with Gasteiger partial charge in [0.05, 0.1) is 11.8 Å². The Morgan fingerprint density at radius 2 is 2.23 bits per heavy atom. The van der Waals surface area contributed by atoms with Gasteiger partial charge in [0.1, 0.15) is 11.4 Å². The Labute approximate surface area is 157 Å². The van der Waals surface area contributed by atoms with Crippen LogP contribution in [0, 0.1) is 24.2 Å². The van der Waals surface area contributed by atoms with E-state index in [2.05, 4.69) is 39.6 Å². The van der Waals surface area contributed by atoms with Crippen molar-refractivity contribution in [2.75, 3.05) is 5.75 Å². The first kappa shape index (κ1) is 18.2. The standard InChI is InChI=1S/C19H21N5OS/c1-13-5-3-4-6-14(13)7-10-16-21-18(24-23-16)26-11-17(25)22-19(2,12-20)15-8-9-15/h3-7,10,15H,8-9,11H2,1-2H3,(H,22,25)(H,21,23,24)/b10-7+. The minimum absolute atomic E-state index is 0.173. The first-order valence-electron chi connectivity index (χ1n) is 8.51. The number of rotatable bonds is 7. The Bertz CT molecular complexity index is 865. The minimum Gasteiger partial charge on any atom is -0.337 e. The van der Waals surface area contributed by atoms with E-state index in [1.165, 1.54) is 17.3 Å². The summed E-state index contributed by atoms with van der Waals surface area (Å²) in [6, 6.07) is 10.3. The number of carbonyl (C=O) groups is 1. The highest BCUT2D eigenvalue weighted by molar-refractivity contribution is 7.99. The third-order valence-corrected chi connectivity index (χ3v) is 5.30. The molecule has 1 aromatic carbocycles. The SMILES string of the molecule is Cc1ccccc1/C=C/c1nc(SCC(=O)NC(C)(C#N)C2CC2)n[nH]1. The van der Waals surface area contributed by atoms with Gasteiger partial charge in [0.25, 0.3) is 0 Å². The van der Waals surface area contributed by atoms with Crippen molar-refractivity contribution in [2.45, 2.75) is 37.4 Å². The molecule has 0 bridgehead atoms. The molecule has 3 rings (SSSR count). The van der Waals surface area contributed by atoms with Gasteiger partial charge in [0.15, 0.2) is 0 Å². The van der Waals surface area contributed by atoms with Crippen LogP contribution >= 0.6 is 11.8 Å². The fourth-order valence-electron chi connectivity index (χ4n) is 2.68. The van der Waals surface area contributed by atoms with E-state index in [-0.39, 0.29) is 17.6 Å². The average molecular weight is 367 g/mol. The van der Waals surface area contributed by atoms with Crippen molar-refractivity contribution in [1.29, 1.82) is 5.26 Å². The lowest BCUT2D eigenvalue weighted by Crippen LogP contribution is -2.47. The van der Waals surface area contributed by atoms with Crippen LogP contribution in [0.2, 0.25) is 0 Å². The number of hydrogen-bond donors (Lipinski definition) is 2. The van der Waals surface area contributed by atoms with Crippen LogP contribution in [0.25, 0.3) is 12.2 Å². The van der Waals surface area contributed by atoms with E-state index in [0.717, 1.165) is 18.4 Å². The van der Waals surface area contributed by atoms with Crippen LogP contribution in [-0.2, 0) is 4.79 Å². The predicted molar refractivity (Wildman–Crippen MR) is 102 cm³/mol. The summed E-state index contributed by atoms with van der Waals surface area (Å²) in [4.78, 5) is 16.5. The highest BCUT2D eigenvalue weighted by Crippen LogP contribution is 2.39.